The van der Waals surface area contributed by atoms with Crippen molar-refractivity contribution >= 4 is 40.3 Å². The van der Waals surface area contributed by atoms with Crippen LogP contribution in [0, 0.1) is 10.1 Å². The highest BCUT2D eigenvalue weighted by molar-refractivity contribution is 6.30. The van der Waals surface area contributed by atoms with Gasteiger partial charge in [-0.2, -0.15) is 5.10 Å². The maximum atomic E-state index is 12.8. The van der Waals surface area contributed by atoms with E-state index < -0.39 is 4.92 Å². The number of hydrogen-bond donors (Lipinski definition) is 1. The second-order valence-corrected chi connectivity index (χ2v) is 7.30. The fourth-order valence-electron chi connectivity index (χ4n) is 3.25. The quantitative estimate of drug-likeness (QED) is 0.263. The molecule has 0 aliphatic rings. The first-order chi connectivity index (χ1) is 15.0. The number of nitrogens with one attached hydrogen (secondary N) is 1. The van der Waals surface area contributed by atoms with E-state index in [0.29, 0.717) is 22.7 Å². The molecule has 1 N–H and O–H groups in total. The Labute approximate surface area is 182 Å². The van der Waals surface area contributed by atoms with E-state index in [-0.39, 0.29) is 11.6 Å². The lowest BCUT2D eigenvalue weighted by Gasteiger charge is -2.05. The maximum absolute atomic E-state index is 12.8. The number of fused-ring (bicyclic) bond motifs is 1. The minimum atomic E-state index is -0.470. The first-order valence-corrected chi connectivity index (χ1v) is 9.79. The molecule has 1 heterocycles. The highest BCUT2D eigenvalue weighted by Crippen LogP contribution is 2.23. The van der Waals surface area contributed by atoms with Crippen LogP contribution in [0.15, 0.2) is 84.1 Å². The largest absolute Gasteiger partial charge is 0.342 e. The molecule has 0 saturated heterocycles. The van der Waals surface area contributed by atoms with Crippen molar-refractivity contribution in [2.24, 2.45) is 5.10 Å². The molecule has 0 bridgehead atoms. The van der Waals surface area contributed by atoms with Gasteiger partial charge in [-0.3, -0.25) is 14.9 Å². The van der Waals surface area contributed by atoms with Gasteiger partial charge in [-0.05, 0) is 41.5 Å². The van der Waals surface area contributed by atoms with Gasteiger partial charge >= 0.3 is 0 Å². The second-order valence-electron chi connectivity index (χ2n) is 6.86. The number of rotatable bonds is 6. The number of carbonyl (C=O) groups excluding carboxylic acids is 1. The molecule has 0 spiro atoms. The zero-order chi connectivity index (χ0) is 21.8. The molecule has 0 saturated carbocycles. The molecule has 3 aromatic carbocycles. The number of amides is 1. The van der Waals surface area contributed by atoms with Crippen LogP contribution in [0.3, 0.4) is 0 Å². The Morgan fingerprint density at radius 2 is 1.77 bits per heavy atom. The van der Waals surface area contributed by atoms with Crippen molar-refractivity contribution in [2.45, 2.75) is 6.54 Å². The zero-order valence-corrected chi connectivity index (χ0v) is 17.0. The van der Waals surface area contributed by atoms with Gasteiger partial charge in [-0.15, -0.1) is 0 Å². The van der Waals surface area contributed by atoms with Crippen LogP contribution in [-0.4, -0.2) is 21.6 Å². The summed E-state index contributed by atoms with van der Waals surface area (Å²) in [5.74, 6) is -0.343. The van der Waals surface area contributed by atoms with Gasteiger partial charge in [0.2, 0.25) is 0 Å². The number of aromatic nitrogens is 1. The molecule has 0 aliphatic heterocycles. The van der Waals surface area contributed by atoms with Gasteiger partial charge in [0.1, 0.15) is 0 Å². The average molecular weight is 433 g/mol. The number of benzene rings is 3. The van der Waals surface area contributed by atoms with Gasteiger partial charge in [-0.25, -0.2) is 5.43 Å². The summed E-state index contributed by atoms with van der Waals surface area (Å²) >= 11 is 5.97. The highest BCUT2D eigenvalue weighted by Gasteiger charge is 2.14. The van der Waals surface area contributed by atoms with Gasteiger partial charge in [0.05, 0.1) is 16.7 Å². The zero-order valence-electron chi connectivity index (χ0n) is 16.2. The highest BCUT2D eigenvalue weighted by atomic mass is 35.5. The molecule has 154 valence electrons. The van der Waals surface area contributed by atoms with Crippen molar-refractivity contribution in [3.8, 4) is 0 Å². The smallest absolute Gasteiger partial charge is 0.273 e. The summed E-state index contributed by atoms with van der Waals surface area (Å²) in [5.41, 5.74) is 5.66. The predicted octanol–water partition coefficient (Wildman–Crippen LogP) is 5.02. The number of non-ortho nitro benzene ring substituents is 1. The molecule has 0 atom stereocenters. The molecule has 0 unspecified atom stereocenters. The first-order valence-electron chi connectivity index (χ1n) is 9.41. The minimum Gasteiger partial charge on any atom is -0.342 e. The Bertz CT molecular complexity index is 1280. The van der Waals surface area contributed by atoms with E-state index in [9.17, 15) is 14.9 Å². The number of nitro benzene ring substituents is 1. The standard InChI is InChI=1S/C23H17ClN4O3/c24-18-9-5-17(6-10-18)14-27-15-21(20-3-1-2-4-22(20)27)23(29)26-25-13-16-7-11-19(12-8-16)28(30)31/h1-13,15H,14H2,(H,26,29)/b25-13+. The lowest BCUT2D eigenvalue weighted by atomic mass is 10.1. The fourth-order valence-corrected chi connectivity index (χ4v) is 3.38. The Hall–Kier alpha value is -3.97. The summed E-state index contributed by atoms with van der Waals surface area (Å²) in [4.78, 5) is 23.0. The van der Waals surface area contributed by atoms with Crippen LogP contribution in [0.5, 0.6) is 0 Å². The number of para-hydroxylation sites is 1. The summed E-state index contributed by atoms with van der Waals surface area (Å²) in [6.07, 6.45) is 3.24. The van der Waals surface area contributed by atoms with Gasteiger partial charge in [0.15, 0.2) is 0 Å². The van der Waals surface area contributed by atoms with Crippen LogP contribution in [0.25, 0.3) is 10.9 Å². The molecule has 0 fully saturated rings. The molecule has 7 nitrogen and oxygen atoms in total. The monoisotopic (exact) mass is 432 g/mol. The van der Waals surface area contributed by atoms with E-state index in [2.05, 4.69) is 10.5 Å². The molecule has 1 amide bonds. The van der Waals surface area contributed by atoms with Crippen LogP contribution in [0.2, 0.25) is 5.02 Å². The van der Waals surface area contributed by atoms with E-state index in [4.69, 9.17) is 11.6 Å². The Balaban J connectivity index is 1.53. The fraction of sp³-hybridized carbons (Fsp3) is 0.0435. The summed E-state index contributed by atoms with van der Waals surface area (Å²) in [6.45, 7) is 0.594. The molecule has 8 heteroatoms. The van der Waals surface area contributed by atoms with Crippen molar-refractivity contribution < 1.29 is 9.72 Å². The Kier molecular flexibility index (Phi) is 5.77. The lowest BCUT2D eigenvalue weighted by Crippen LogP contribution is -2.17. The minimum absolute atomic E-state index is 0.00492. The van der Waals surface area contributed by atoms with Crippen LogP contribution >= 0.6 is 11.6 Å². The molecular formula is C23H17ClN4O3. The Morgan fingerprint density at radius 1 is 1.06 bits per heavy atom. The summed E-state index contributed by atoms with van der Waals surface area (Å²) in [5, 5.41) is 16.2. The summed E-state index contributed by atoms with van der Waals surface area (Å²) < 4.78 is 2.01. The van der Waals surface area contributed by atoms with Gasteiger partial charge in [0, 0.05) is 40.8 Å². The number of hydrazone groups is 1. The van der Waals surface area contributed by atoms with Crippen molar-refractivity contribution in [3.05, 3.63) is 111 Å². The van der Waals surface area contributed by atoms with Crippen molar-refractivity contribution in [2.75, 3.05) is 0 Å². The molecule has 1 aromatic heterocycles. The third-order valence-corrected chi connectivity index (χ3v) is 5.03. The van der Waals surface area contributed by atoms with Gasteiger partial charge in [-0.1, -0.05) is 41.9 Å². The predicted molar refractivity (Wildman–Crippen MR) is 121 cm³/mol. The summed E-state index contributed by atoms with van der Waals surface area (Å²) in [7, 11) is 0. The summed E-state index contributed by atoms with van der Waals surface area (Å²) in [6, 6.07) is 21.1. The van der Waals surface area contributed by atoms with Gasteiger partial charge < -0.3 is 4.57 Å². The van der Waals surface area contributed by atoms with E-state index >= 15 is 0 Å². The molecule has 31 heavy (non-hydrogen) atoms. The molecule has 0 aliphatic carbocycles. The van der Waals surface area contributed by atoms with E-state index in [1.807, 2.05) is 53.1 Å². The number of hydrogen-bond acceptors (Lipinski definition) is 4. The Morgan fingerprint density at radius 3 is 2.48 bits per heavy atom. The molecule has 4 rings (SSSR count). The molecular weight excluding hydrogens is 416 g/mol. The topological polar surface area (TPSA) is 89.5 Å². The number of nitrogens with zero attached hydrogens (tertiary/aromatic N) is 3. The number of halogens is 1. The normalized spacial score (nSPS) is 11.1. The second kappa shape index (κ2) is 8.81. The molecule has 4 aromatic rings. The third-order valence-electron chi connectivity index (χ3n) is 4.78. The van der Waals surface area contributed by atoms with Crippen molar-refractivity contribution in [3.63, 3.8) is 0 Å². The maximum Gasteiger partial charge on any atom is 0.273 e. The van der Waals surface area contributed by atoms with Gasteiger partial charge in [0.25, 0.3) is 11.6 Å². The van der Waals surface area contributed by atoms with E-state index in [0.717, 1.165) is 16.5 Å². The van der Waals surface area contributed by atoms with E-state index in [1.54, 1.807) is 18.3 Å². The first kappa shape index (κ1) is 20.3. The van der Waals surface area contributed by atoms with Crippen LogP contribution in [0.4, 0.5) is 5.69 Å². The average Bonchev–Trinajstić information content (AvgIpc) is 3.14. The van der Waals surface area contributed by atoms with Crippen molar-refractivity contribution in [1.82, 2.24) is 9.99 Å². The molecule has 0 radical (unpaired) electrons. The number of carbonyl (C=O) groups is 1. The van der Waals surface area contributed by atoms with Crippen LogP contribution in [-0.2, 0) is 6.54 Å². The number of nitro groups is 1. The van der Waals surface area contributed by atoms with E-state index in [1.165, 1.54) is 18.3 Å². The van der Waals surface area contributed by atoms with Crippen LogP contribution < -0.4 is 5.43 Å². The SMILES string of the molecule is O=C(N/N=C/c1ccc([N+](=O)[O-])cc1)c1cn(Cc2ccc(Cl)cc2)c2ccccc12. The lowest BCUT2D eigenvalue weighted by molar-refractivity contribution is -0.384. The van der Waals surface area contributed by atoms with Crippen molar-refractivity contribution in [1.29, 1.82) is 0 Å². The van der Waals surface area contributed by atoms with Crippen LogP contribution in [0.1, 0.15) is 21.5 Å². The third kappa shape index (κ3) is 4.62.